The molecule has 3 aromatic rings. The van der Waals surface area contributed by atoms with Crippen LogP contribution in [-0.4, -0.2) is 57.7 Å². The molecule has 1 atom stereocenters. The van der Waals surface area contributed by atoms with Gasteiger partial charge in [0.25, 0.3) is 5.89 Å². The van der Waals surface area contributed by atoms with Gasteiger partial charge in [-0.25, -0.2) is 4.98 Å². The summed E-state index contributed by atoms with van der Waals surface area (Å²) in [6, 6.07) is 7.58. The molecule has 0 aliphatic carbocycles. The third-order valence-corrected chi connectivity index (χ3v) is 5.13. The zero-order chi connectivity index (χ0) is 22.7. The molecule has 31 heavy (non-hydrogen) atoms. The Morgan fingerprint density at radius 3 is 2.39 bits per heavy atom. The summed E-state index contributed by atoms with van der Waals surface area (Å²) in [5.74, 6) is 2.16. The van der Waals surface area contributed by atoms with Crippen LogP contribution in [0.15, 0.2) is 28.8 Å². The fourth-order valence-corrected chi connectivity index (χ4v) is 3.25. The van der Waals surface area contributed by atoms with E-state index in [4.69, 9.17) is 26.0 Å². The Balaban J connectivity index is 1.89. The number of aliphatic hydroxyl groups is 2. The number of pyridine rings is 1. The number of hydrogen-bond acceptors (Lipinski definition) is 8. The Kier molecular flexibility index (Phi) is 7.15. The summed E-state index contributed by atoms with van der Waals surface area (Å²) < 4.78 is 11.2. The van der Waals surface area contributed by atoms with E-state index in [0.717, 1.165) is 22.5 Å². The van der Waals surface area contributed by atoms with E-state index < -0.39 is 6.10 Å². The third kappa shape index (κ3) is 5.33. The highest BCUT2D eigenvalue weighted by Crippen LogP contribution is 2.31. The van der Waals surface area contributed by atoms with E-state index in [1.165, 1.54) is 0 Å². The Labute approximate surface area is 186 Å². The Morgan fingerprint density at radius 2 is 1.77 bits per heavy atom. The van der Waals surface area contributed by atoms with Gasteiger partial charge in [0.1, 0.15) is 29.4 Å². The normalized spacial score (nSPS) is 12.3. The first-order valence-electron chi connectivity index (χ1n) is 9.97. The summed E-state index contributed by atoms with van der Waals surface area (Å²) in [7, 11) is 1.95. The van der Waals surface area contributed by atoms with Gasteiger partial charge in [0, 0.05) is 24.2 Å². The van der Waals surface area contributed by atoms with Gasteiger partial charge in [-0.15, -0.1) is 0 Å². The molecule has 1 aromatic carbocycles. The smallest absolute Gasteiger partial charge is 0.258 e. The molecule has 0 aliphatic rings. The first-order chi connectivity index (χ1) is 14.7. The fourth-order valence-electron chi connectivity index (χ4n) is 3.05. The van der Waals surface area contributed by atoms with Crippen molar-refractivity contribution < 1.29 is 19.5 Å². The lowest BCUT2D eigenvalue weighted by atomic mass is 10.1. The maximum atomic E-state index is 9.52. The van der Waals surface area contributed by atoms with Gasteiger partial charge in [0.05, 0.1) is 6.61 Å². The number of aliphatic hydroxyl groups excluding tert-OH is 2. The molecular weight excluding hydrogens is 420 g/mol. The average Bonchev–Trinajstić information content (AvgIpc) is 3.22. The highest BCUT2D eigenvalue weighted by molar-refractivity contribution is 6.29. The van der Waals surface area contributed by atoms with Gasteiger partial charge in [0.2, 0.25) is 5.82 Å². The summed E-state index contributed by atoms with van der Waals surface area (Å²) >= 11 is 6.22. The topological polar surface area (TPSA) is 105 Å². The lowest BCUT2D eigenvalue weighted by Gasteiger charge is -2.22. The summed E-state index contributed by atoms with van der Waals surface area (Å²) in [5, 5.41) is 23.0. The number of halogens is 1. The predicted molar refractivity (Wildman–Crippen MR) is 120 cm³/mol. The first-order valence-corrected chi connectivity index (χ1v) is 10.3. The second kappa shape index (κ2) is 9.64. The number of benzene rings is 1. The van der Waals surface area contributed by atoms with E-state index in [1.807, 2.05) is 44.0 Å². The van der Waals surface area contributed by atoms with Gasteiger partial charge in [0.15, 0.2) is 0 Å². The Morgan fingerprint density at radius 1 is 1.10 bits per heavy atom. The van der Waals surface area contributed by atoms with E-state index in [-0.39, 0.29) is 19.3 Å². The SMILES string of the molecule is Cc1cc(-c2noc(-c3cc(Cl)nc(N(C)C(C)C)c3)n2)cc(C)c1OC[C@@H](O)CO. The first kappa shape index (κ1) is 23.0. The molecule has 0 radical (unpaired) electrons. The van der Waals surface area contributed by atoms with Crippen molar-refractivity contribution in [2.45, 2.75) is 39.8 Å². The maximum absolute atomic E-state index is 9.52. The second-order valence-corrected chi connectivity index (χ2v) is 8.14. The molecule has 0 fully saturated rings. The monoisotopic (exact) mass is 446 g/mol. The Hall–Kier alpha value is -2.68. The number of aryl methyl sites for hydroxylation is 2. The van der Waals surface area contributed by atoms with Gasteiger partial charge in [-0.3, -0.25) is 0 Å². The molecule has 0 spiro atoms. The van der Waals surface area contributed by atoms with Crippen LogP contribution in [0.25, 0.3) is 22.8 Å². The van der Waals surface area contributed by atoms with Crippen molar-refractivity contribution in [3.63, 3.8) is 0 Å². The van der Waals surface area contributed by atoms with E-state index in [2.05, 4.69) is 29.0 Å². The molecule has 3 rings (SSSR count). The highest BCUT2D eigenvalue weighted by atomic mass is 35.5. The number of hydrogen-bond donors (Lipinski definition) is 2. The molecule has 2 N–H and O–H groups in total. The van der Waals surface area contributed by atoms with Crippen molar-refractivity contribution in [1.29, 1.82) is 0 Å². The molecule has 0 saturated heterocycles. The number of rotatable bonds is 8. The summed E-state index contributed by atoms with van der Waals surface area (Å²) in [5.41, 5.74) is 3.19. The number of anilines is 1. The minimum absolute atomic E-state index is 0.0137. The molecule has 8 nitrogen and oxygen atoms in total. The zero-order valence-corrected chi connectivity index (χ0v) is 19.0. The molecule has 0 bridgehead atoms. The van der Waals surface area contributed by atoms with Crippen molar-refractivity contribution in [3.8, 4) is 28.6 Å². The van der Waals surface area contributed by atoms with Crippen molar-refractivity contribution in [2.75, 3.05) is 25.2 Å². The minimum atomic E-state index is -0.926. The van der Waals surface area contributed by atoms with E-state index in [9.17, 15) is 5.11 Å². The standard InChI is InChI=1S/C22H27ClN4O4/c1-12(2)27(5)19-9-16(8-18(23)24-19)22-25-21(26-31-22)15-6-13(3)20(14(4)7-15)30-11-17(29)10-28/h6-9,12,17,28-29H,10-11H2,1-5H3/t17-/m0/s1. The molecular formula is C22H27ClN4O4. The molecule has 0 aliphatic heterocycles. The van der Waals surface area contributed by atoms with Gasteiger partial charge < -0.3 is 24.4 Å². The summed E-state index contributed by atoms with van der Waals surface area (Å²) in [4.78, 5) is 10.9. The van der Waals surface area contributed by atoms with Crippen molar-refractivity contribution in [1.82, 2.24) is 15.1 Å². The van der Waals surface area contributed by atoms with Crippen LogP contribution in [0.5, 0.6) is 5.75 Å². The van der Waals surface area contributed by atoms with Crippen LogP contribution < -0.4 is 9.64 Å². The van der Waals surface area contributed by atoms with Gasteiger partial charge >= 0.3 is 0 Å². The molecule has 2 heterocycles. The Bertz CT molecular complexity index is 1030. The van der Waals surface area contributed by atoms with Crippen LogP contribution >= 0.6 is 11.6 Å². The average molecular weight is 447 g/mol. The number of nitrogens with zero attached hydrogens (tertiary/aromatic N) is 4. The van der Waals surface area contributed by atoms with Gasteiger partial charge in [-0.1, -0.05) is 16.8 Å². The molecule has 0 saturated carbocycles. The van der Waals surface area contributed by atoms with Crippen LogP contribution in [-0.2, 0) is 0 Å². The fraction of sp³-hybridized carbons (Fsp3) is 0.409. The largest absolute Gasteiger partial charge is 0.490 e. The molecule has 9 heteroatoms. The van der Waals surface area contributed by atoms with Crippen LogP contribution in [0.2, 0.25) is 5.15 Å². The molecule has 0 amide bonds. The minimum Gasteiger partial charge on any atom is -0.490 e. The van der Waals surface area contributed by atoms with E-state index in [0.29, 0.717) is 28.2 Å². The third-order valence-electron chi connectivity index (χ3n) is 4.94. The van der Waals surface area contributed by atoms with Crippen LogP contribution in [0.1, 0.15) is 25.0 Å². The molecule has 2 aromatic heterocycles. The highest BCUT2D eigenvalue weighted by Gasteiger charge is 2.17. The van der Waals surface area contributed by atoms with E-state index >= 15 is 0 Å². The number of ether oxygens (including phenoxy) is 1. The van der Waals surface area contributed by atoms with Crippen molar-refractivity contribution in [2.24, 2.45) is 0 Å². The van der Waals surface area contributed by atoms with Crippen LogP contribution in [0.3, 0.4) is 0 Å². The van der Waals surface area contributed by atoms with Crippen LogP contribution in [0, 0.1) is 13.8 Å². The zero-order valence-electron chi connectivity index (χ0n) is 18.3. The summed E-state index contributed by atoms with van der Waals surface area (Å²) in [6.45, 7) is 7.59. The number of aromatic nitrogens is 3. The second-order valence-electron chi connectivity index (χ2n) is 7.75. The van der Waals surface area contributed by atoms with Gasteiger partial charge in [-0.2, -0.15) is 4.98 Å². The lowest BCUT2D eigenvalue weighted by molar-refractivity contribution is 0.0532. The molecule has 166 valence electrons. The quantitative estimate of drug-likeness (QED) is 0.505. The van der Waals surface area contributed by atoms with E-state index in [1.54, 1.807) is 6.07 Å². The maximum Gasteiger partial charge on any atom is 0.258 e. The van der Waals surface area contributed by atoms with Crippen molar-refractivity contribution in [3.05, 3.63) is 40.5 Å². The van der Waals surface area contributed by atoms with Crippen LogP contribution in [0.4, 0.5) is 5.82 Å². The lowest BCUT2D eigenvalue weighted by Crippen LogP contribution is -2.26. The summed E-state index contributed by atoms with van der Waals surface area (Å²) in [6.07, 6.45) is -0.926. The predicted octanol–water partition coefficient (Wildman–Crippen LogP) is 3.65. The van der Waals surface area contributed by atoms with Crippen molar-refractivity contribution >= 4 is 17.4 Å². The van der Waals surface area contributed by atoms with Gasteiger partial charge in [-0.05, 0) is 63.1 Å². The molecule has 0 unspecified atom stereocenters.